The molecule has 0 aliphatic heterocycles. The molecule has 0 spiro atoms. The van der Waals surface area contributed by atoms with Crippen LogP contribution >= 0.6 is 0 Å². The summed E-state index contributed by atoms with van der Waals surface area (Å²) in [7, 11) is 0. The highest BCUT2D eigenvalue weighted by Gasteiger charge is 2.22. The normalized spacial score (nSPS) is 11.7. The van der Waals surface area contributed by atoms with Crippen molar-refractivity contribution in [3.05, 3.63) is 65.7 Å². The van der Waals surface area contributed by atoms with Crippen molar-refractivity contribution in [3.63, 3.8) is 0 Å². The Hall–Kier alpha value is -2.66. The Balaban J connectivity index is 2.32. The van der Waals surface area contributed by atoms with Crippen molar-refractivity contribution in [1.29, 1.82) is 0 Å². The highest BCUT2D eigenvalue weighted by atomic mass is 16.5. The molecule has 3 N–H and O–H groups in total. The van der Waals surface area contributed by atoms with E-state index in [2.05, 4.69) is 0 Å². The Morgan fingerprint density at radius 2 is 1.60 bits per heavy atom. The number of amides is 1. The average molecular weight is 271 g/mol. The zero-order valence-electron chi connectivity index (χ0n) is 10.5. The predicted octanol–water partition coefficient (Wildman–Crippen LogP) is 2.06. The van der Waals surface area contributed by atoms with Crippen LogP contribution in [0.4, 0.5) is 4.79 Å². The Kier molecular flexibility index (Phi) is 4.12. The van der Waals surface area contributed by atoms with Gasteiger partial charge in [0.05, 0.1) is 5.56 Å². The van der Waals surface area contributed by atoms with E-state index in [0.717, 1.165) is 0 Å². The molecule has 102 valence electrons. The number of ether oxygens (including phenoxy) is 1. The first-order valence-electron chi connectivity index (χ1n) is 5.93. The van der Waals surface area contributed by atoms with Crippen LogP contribution in [0.2, 0.25) is 0 Å². The van der Waals surface area contributed by atoms with Gasteiger partial charge in [-0.2, -0.15) is 0 Å². The minimum absolute atomic E-state index is 0.0278. The number of nitrogens with two attached hydrogens (primary N) is 1. The van der Waals surface area contributed by atoms with Gasteiger partial charge in [0.1, 0.15) is 11.9 Å². The summed E-state index contributed by atoms with van der Waals surface area (Å²) in [5.41, 5.74) is 5.51. The minimum atomic E-state index is -1.33. The van der Waals surface area contributed by atoms with E-state index in [4.69, 9.17) is 10.5 Å². The molecule has 0 saturated carbocycles. The fourth-order valence-electron chi connectivity index (χ4n) is 1.80. The van der Waals surface area contributed by atoms with Crippen molar-refractivity contribution in [2.75, 3.05) is 0 Å². The molecule has 0 aliphatic rings. The number of aliphatic hydroxyl groups excluding tert-OH is 1. The number of para-hydroxylation sites is 1. The molecular weight excluding hydrogens is 258 g/mol. The molecule has 0 heterocycles. The van der Waals surface area contributed by atoms with E-state index in [9.17, 15) is 14.7 Å². The molecule has 2 aromatic rings. The molecule has 5 heteroatoms. The number of carbonyl (C=O) groups is 2. The van der Waals surface area contributed by atoms with Crippen molar-refractivity contribution in [3.8, 4) is 5.75 Å². The van der Waals surface area contributed by atoms with Gasteiger partial charge in [-0.3, -0.25) is 4.79 Å². The van der Waals surface area contributed by atoms with Gasteiger partial charge in [-0.1, -0.05) is 42.5 Å². The van der Waals surface area contributed by atoms with E-state index in [0.29, 0.717) is 5.56 Å². The third kappa shape index (κ3) is 3.02. The molecule has 1 atom stereocenters. The number of benzene rings is 2. The third-order valence-electron chi connectivity index (χ3n) is 2.73. The number of Topliss-reactive ketones (excluding diaryl/α,β-unsaturated/α-hetero) is 1. The number of rotatable bonds is 4. The molecule has 20 heavy (non-hydrogen) atoms. The summed E-state index contributed by atoms with van der Waals surface area (Å²) in [6.07, 6.45) is -2.34. The Morgan fingerprint density at radius 1 is 1.00 bits per heavy atom. The van der Waals surface area contributed by atoms with Gasteiger partial charge >= 0.3 is 6.09 Å². The van der Waals surface area contributed by atoms with Gasteiger partial charge in [0.25, 0.3) is 0 Å². The highest BCUT2D eigenvalue weighted by molar-refractivity contribution is 6.02. The SMILES string of the molecule is NC(=O)Oc1ccccc1C(=O)C(O)c1ccccc1. The molecule has 0 aliphatic carbocycles. The highest BCUT2D eigenvalue weighted by Crippen LogP contribution is 2.25. The van der Waals surface area contributed by atoms with Crippen LogP contribution in [0.25, 0.3) is 0 Å². The van der Waals surface area contributed by atoms with Crippen LogP contribution in [-0.4, -0.2) is 17.0 Å². The molecule has 2 rings (SSSR count). The first-order chi connectivity index (χ1) is 9.59. The van der Waals surface area contributed by atoms with Crippen LogP contribution in [-0.2, 0) is 0 Å². The minimum Gasteiger partial charge on any atom is -0.410 e. The summed E-state index contributed by atoms with van der Waals surface area (Å²) in [6.45, 7) is 0. The van der Waals surface area contributed by atoms with Gasteiger partial charge in [0.15, 0.2) is 5.78 Å². The lowest BCUT2D eigenvalue weighted by Gasteiger charge is -2.12. The lowest BCUT2D eigenvalue weighted by atomic mass is 9.99. The van der Waals surface area contributed by atoms with E-state index in [1.807, 2.05) is 0 Å². The third-order valence-corrected chi connectivity index (χ3v) is 2.73. The summed E-state index contributed by atoms with van der Waals surface area (Å²) in [4.78, 5) is 23.1. The standard InChI is InChI=1S/C15H13NO4/c16-15(19)20-12-9-5-4-8-11(12)14(18)13(17)10-6-2-1-3-7-10/h1-9,13,17H,(H2,16,19). The number of ketones is 1. The molecule has 5 nitrogen and oxygen atoms in total. The van der Waals surface area contributed by atoms with Gasteiger partial charge in [-0.25, -0.2) is 4.79 Å². The zero-order chi connectivity index (χ0) is 14.5. The summed E-state index contributed by atoms with van der Waals surface area (Å²) < 4.78 is 4.76. The lowest BCUT2D eigenvalue weighted by molar-refractivity contribution is 0.0745. The molecule has 0 saturated heterocycles. The average Bonchev–Trinajstić information content (AvgIpc) is 2.46. The molecule has 1 amide bonds. The van der Waals surface area contributed by atoms with E-state index in [1.54, 1.807) is 42.5 Å². The Bertz CT molecular complexity index is 625. The summed E-state index contributed by atoms with van der Waals surface area (Å²) >= 11 is 0. The molecule has 0 bridgehead atoms. The van der Waals surface area contributed by atoms with Crippen molar-refractivity contribution >= 4 is 11.9 Å². The van der Waals surface area contributed by atoms with Crippen LogP contribution in [0.5, 0.6) is 5.75 Å². The Labute approximate surface area is 115 Å². The molecule has 0 aromatic heterocycles. The number of hydrogen-bond donors (Lipinski definition) is 2. The van der Waals surface area contributed by atoms with Crippen LogP contribution in [0.1, 0.15) is 22.0 Å². The summed E-state index contributed by atoms with van der Waals surface area (Å²) in [6, 6.07) is 14.6. The fraction of sp³-hybridized carbons (Fsp3) is 0.0667. The van der Waals surface area contributed by atoms with Crippen molar-refractivity contribution in [2.24, 2.45) is 5.73 Å². The molecule has 0 radical (unpaired) electrons. The molecule has 0 fully saturated rings. The Morgan fingerprint density at radius 3 is 2.25 bits per heavy atom. The number of carbonyl (C=O) groups excluding carboxylic acids is 2. The van der Waals surface area contributed by atoms with Crippen molar-refractivity contribution in [2.45, 2.75) is 6.10 Å². The van der Waals surface area contributed by atoms with E-state index in [1.165, 1.54) is 12.1 Å². The fourth-order valence-corrected chi connectivity index (χ4v) is 1.80. The second kappa shape index (κ2) is 5.99. The lowest BCUT2D eigenvalue weighted by Crippen LogP contribution is -2.19. The molecule has 1 unspecified atom stereocenters. The van der Waals surface area contributed by atoms with Crippen LogP contribution in [0.3, 0.4) is 0 Å². The number of aliphatic hydroxyl groups is 1. The first-order valence-corrected chi connectivity index (χ1v) is 5.93. The topological polar surface area (TPSA) is 89.6 Å². The van der Waals surface area contributed by atoms with E-state index >= 15 is 0 Å². The zero-order valence-corrected chi connectivity index (χ0v) is 10.5. The number of hydrogen-bond acceptors (Lipinski definition) is 4. The maximum Gasteiger partial charge on any atom is 0.409 e. The second-order valence-electron chi connectivity index (χ2n) is 4.09. The monoisotopic (exact) mass is 271 g/mol. The van der Waals surface area contributed by atoms with Crippen LogP contribution in [0.15, 0.2) is 54.6 Å². The maximum absolute atomic E-state index is 12.3. The van der Waals surface area contributed by atoms with Gasteiger partial charge in [-0.05, 0) is 17.7 Å². The van der Waals surface area contributed by atoms with Gasteiger partial charge in [0, 0.05) is 0 Å². The second-order valence-corrected chi connectivity index (χ2v) is 4.09. The van der Waals surface area contributed by atoms with Gasteiger partial charge < -0.3 is 15.6 Å². The smallest absolute Gasteiger partial charge is 0.409 e. The van der Waals surface area contributed by atoms with Gasteiger partial charge in [-0.15, -0.1) is 0 Å². The number of primary amides is 1. The first kappa shape index (κ1) is 13.8. The molecule has 2 aromatic carbocycles. The van der Waals surface area contributed by atoms with Gasteiger partial charge in [0.2, 0.25) is 0 Å². The quantitative estimate of drug-likeness (QED) is 0.833. The van der Waals surface area contributed by atoms with E-state index in [-0.39, 0.29) is 11.3 Å². The maximum atomic E-state index is 12.3. The summed E-state index contributed by atoms with van der Waals surface area (Å²) in [5, 5.41) is 10.1. The van der Waals surface area contributed by atoms with Crippen molar-refractivity contribution < 1.29 is 19.4 Å². The summed E-state index contributed by atoms with van der Waals surface area (Å²) in [5.74, 6) is -0.534. The van der Waals surface area contributed by atoms with Crippen LogP contribution in [0, 0.1) is 0 Å². The predicted molar refractivity (Wildman–Crippen MR) is 72.4 cm³/mol. The van der Waals surface area contributed by atoms with Crippen molar-refractivity contribution in [1.82, 2.24) is 0 Å². The van der Waals surface area contributed by atoms with E-state index < -0.39 is 18.0 Å². The largest absolute Gasteiger partial charge is 0.410 e. The molecular formula is C15H13NO4. The van der Waals surface area contributed by atoms with Crippen LogP contribution < -0.4 is 10.5 Å².